The van der Waals surface area contributed by atoms with Crippen LogP contribution in [-0.2, 0) is 10.8 Å². The Morgan fingerprint density at radius 1 is 0.629 bits per heavy atom. The molecule has 0 N–H and O–H groups in total. The first-order valence-corrected chi connectivity index (χ1v) is 20.9. The highest BCUT2D eigenvalue weighted by Crippen LogP contribution is 2.50. The van der Waals surface area contributed by atoms with Crippen LogP contribution in [-0.4, -0.2) is 14.1 Å². The molecule has 0 saturated heterocycles. The molecule has 5 nitrogen and oxygen atoms in total. The summed E-state index contributed by atoms with van der Waals surface area (Å²) in [6.07, 6.45) is 7.59. The molecule has 302 valence electrons. The van der Waals surface area contributed by atoms with Crippen LogP contribution in [0.3, 0.4) is 0 Å². The third kappa shape index (κ3) is 6.14. The Labute approximate surface area is 377 Å². The molecule has 0 unspecified atom stereocenters. The number of rotatable bonds is 7. The number of aromatic nitrogens is 4. The molecule has 11 rings (SSSR count). The third-order valence-electron chi connectivity index (χ3n) is 12.5. The van der Waals surface area contributed by atoms with Crippen LogP contribution in [0.2, 0.25) is 0 Å². The number of aryl methyl sites for hydroxylation is 1. The van der Waals surface area contributed by atoms with E-state index in [1.54, 1.807) is 22.8 Å². The molecule has 1 aliphatic rings. The monoisotopic (exact) mass is 814 g/mol. The summed E-state index contributed by atoms with van der Waals surface area (Å²) in [6, 6.07) is 29.1. The van der Waals surface area contributed by atoms with Crippen LogP contribution >= 0.6 is 0 Å². The summed E-state index contributed by atoms with van der Waals surface area (Å²) in [5.74, 6) is 2.06. The molecule has 62 heavy (non-hydrogen) atoms. The van der Waals surface area contributed by atoms with E-state index in [9.17, 15) is 0 Å². The number of fused-ring (bicyclic) bond motifs is 5. The number of nitrogens with zero attached hydrogens (tertiary/aromatic N) is 4. The summed E-state index contributed by atoms with van der Waals surface area (Å²) in [7, 11) is 0. The molecule has 3 heterocycles. The quantitative estimate of drug-likeness (QED) is 0.119. The SMILES string of the molecule is [2H]c1c([2H])c([2H])c(-c2cccc(-c3c([2H])c([2H])c([2H])c([2H])c3[2H])c2-[n+]2[c-]n(-c3cccc(Oc4ccc5c6ccccc6n(-c6ncc(C)c7c6C(C)(C)CCC7(C)C)c5c4)c3)c3ccccc32)c([2H])c1[2H]. The van der Waals surface area contributed by atoms with E-state index in [2.05, 4.69) is 81.9 Å². The molecule has 1 aliphatic carbocycles. The van der Waals surface area contributed by atoms with Gasteiger partial charge in [-0.2, -0.15) is 0 Å². The van der Waals surface area contributed by atoms with Gasteiger partial charge in [0, 0.05) is 28.6 Å². The number of benzene rings is 7. The van der Waals surface area contributed by atoms with Crippen LogP contribution in [0.1, 0.15) is 70.9 Å². The van der Waals surface area contributed by atoms with Gasteiger partial charge in [-0.3, -0.25) is 13.7 Å². The number of ether oxygens (including phenoxy) is 1. The Kier molecular flexibility index (Phi) is 6.60. The smallest absolute Gasteiger partial charge is 0.269 e. The van der Waals surface area contributed by atoms with Crippen molar-refractivity contribution in [2.24, 2.45) is 0 Å². The van der Waals surface area contributed by atoms with Crippen molar-refractivity contribution < 1.29 is 23.0 Å². The average Bonchev–Trinajstić information content (AvgIpc) is 3.91. The topological polar surface area (TPSA) is 35.9 Å². The molecule has 5 heteroatoms. The molecule has 0 amide bonds. The summed E-state index contributed by atoms with van der Waals surface area (Å²) in [5.41, 5.74) is 7.83. The second-order valence-electron chi connectivity index (χ2n) is 17.4. The first-order chi connectivity index (χ1) is 34.3. The Balaban J connectivity index is 1.08. The molecule has 0 radical (unpaired) electrons. The molecule has 3 aromatic heterocycles. The molecule has 0 spiro atoms. The number of pyridine rings is 1. The summed E-state index contributed by atoms with van der Waals surface area (Å²) in [5, 5.41) is 2.18. The zero-order valence-corrected chi connectivity index (χ0v) is 35.1. The van der Waals surface area contributed by atoms with Crippen molar-refractivity contribution >= 4 is 32.8 Å². The van der Waals surface area contributed by atoms with Crippen LogP contribution < -0.4 is 9.30 Å². The first kappa shape index (κ1) is 28.3. The lowest BCUT2D eigenvalue weighted by Crippen LogP contribution is -2.36. The molecule has 0 fully saturated rings. The Bertz CT molecular complexity index is 3800. The van der Waals surface area contributed by atoms with Gasteiger partial charge >= 0.3 is 0 Å². The minimum absolute atomic E-state index is 0.0210. The van der Waals surface area contributed by atoms with Crippen LogP contribution in [0.15, 0.2) is 176 Å². The van der Waals surface area contributed by atoms with Crippen molar-refractivity contribution in [3.05, 3.63) is 199 Å². The predicted molar refractivity (Wildman–Crippen MR) is 253 cm³/mol. The maximum absolute atomic E-state index is 9.03. The Morgan fingerprint density at radius 2 is 1.24 bits per heavy atom. The lowest BCUT2D eigenvalue weighted by atomic mass is 9.62. The molecule has 7 aromatic carbocycles. The largest absolute Gasteiger partial charge is 0.458 e. The number of imidazole rings is 1. The molecule has 0 atom stereocenters. The van der Waals surface area contributed by atoms with Crippen molar-refractivity contribution in [3.8, 4) is 50.9 Å². The fourth-order valence-corrected chi connectivity index (χ4v) is 9.59. The molecule has 0 saturated carbocycles. The maximum Gasteiger partial charge on any atom is 0.269 e. The highest BCUT2D eigenvalue weighted by Gasteiger charge is 2.41. The highest BCUT2D eigenvalue weighted by atomic mass is 16.5. The van der Waals surface area contributed by atoms with Crippen molar-refractivity contribution in [2.45, 2.75) is 58.3 Å². The van der Waals surface area contributed by atoms with Crippen LogP contribution in [0.4, 0.5) is 0 Å². The van der Waals surface area contributed by atoms with Gasteiger partial charge in [-0.15, -0.1) is 0 Å². The zero-order valence-electron chi connectivity index (χ0n) is 45.1. The van der Waals surface area contributed by atoms with Gasteiger partial charge in [-0.25, -0.2) is 4.98 Å². The molecular weight excluding hydrogens is 757 g/mol. The van der Waals surface area contributed by atoms with E-state index >= 15 is 0 Å². The number of hydrogen-bond donors (Lipinski definition) is 0. The lowest BCUT2D eigenvalue weighted by Gasteiger charge is -2.43. The van der Waals surface area contributed by atoms with Crippen molar-refractivity contribution in [1.29, 1.82) is 0 Å². The van der Waals surface area contributed by atoms with Gasteiger partial charge in [0.25, 0.3) is 6.33 Å². The average molecular weight is 815 g/mol. The van der Waals surface area contributed by atoms with Crippen molar-refractivity contribution in [3.63, 3.8) is 0 Å². The van der Waals surface area contributed by atoms with E-state index in [0.29, 0.717) is 28.2 Å². The second-order valence-corrected chi connectivity index (χ2v) is 17.4. The van der Waals surface area contributed by atoms with Crippen LogP contribution in [0.5, 0.6) is 11.5 Å². The van der Waals surface area contributed by atoms with Gasteiger partial charge in [0.15, 0.2) is 0 Å². The van der Waals surface area contributed by atoms with E-state index in [-0.39, 0.29) is 38.8 Å². The van der Waals surface area contributed by atoms with E-state index in [4.69, 9.17) is 23.4 Å². The van der Waals surface area contributed by atoms with Gasteiger partial charge in [-0.05, 0) is 100 Å². The van der Waals surface area contributed by atoms with E-state index in [0.717, 1.165) is 40.5 Å². The lowest BCUT2D eigenvalue weighted by molar-refractivity contribution is -0.571. The minimum Gasteiger partial charge on any atom is -0.458 e. The molecular formula is C57H48N4O. The fourth-order valence-electron chi connectivity index (χ4n) is 9.59. The normalized spacial score (nSPS) is 16.6. The van der Waals surface area contributed by atoms with E-state index in [1.165, 1.54) is 16.7 Å². The molecule has 0 aliphatic heterocycles. The fraction of sp³-hybridized carbons (Fsp3) is 0.158. The van der Waals surface area contributed by atoms with Crippen LogP contribution in [0.25, 0.3) is 72.3 Å². The Morgan fingerprint density at radius 3 is 1.97 bits per heavy atom. The van der Waals surface area contributed by atoms with E-state index < -0.39 is 60.4 Å². The van der Waals surface area contributed by atoms with Crippen molar-refractivity contribution in [1.82, 2.24) is 14.1 Å². The van der Waals surface area contributed by atoms with Gasteiger partial charge < -0.3 is 4.74 Å². The van der Waals surface area contributed by atoms with Gasteiger partial charge in [0.05, 0.1) is 47.1 Å². The second kappa shape index (κ2) is 14.5. The van der Waals surface area contributed by atoms with Crippen molar-refractivity contribution in [2.75, 3.05) is 0 Å². The standard InChI is InChI=1S/C57H48N4O/c1-38-36-58-55(53-52(38)56(2,3)32-33-57(53,4)5)61-48-27-13-12-24-46(48)47-31-30-43(35-51(47)61)62-42-23-16-22-41(34-42)59-37-60(50-29-15-14-28-49(50)59)54-44(39-18-8-6-9-19-39)25-17-26-45(54)40-20-10-7-11-21-40/h6-31,34-36H,32-33H2,1-5H3/i6D,7D,8D,9D,10D,11D,18D,19D,20D,21D. The van der Waals surface area contributed by atoms with Gasteiger partial charge in [0.1, 0.15) is 17.3 Å². The predicted octanol–water partition coefficient (Wildman–Crippen LogP) is 14.0. The summed E-state index contributed by atoms with van der Waals surface area (Å²) in [6.45, 7) is 11.5. The van der Waals surface area contributed by atoms with Gasteiger partial charge in [0.2, 0.25) is 0 Å². The number of para-hydroxylation sites is 4. The van der Waals surface area contributed by atoms with E-state index in [1.807, 2.05) is 65.4 Å². The minimum atomic E-state index is -0.563. The Hall–Kier alpha value is -7.24. The zero-order chi connectivity index (χ0) is 50.9. The van der Waals surface area contributed by atoms with Gasteiger partial charge in [-0.1, -0.05) is 155 Å². The highest BCUT2D eigenvalue weighted by molar-refractivity contribution is 6.09. The van der Waals surface area contributed by atoms with Crippen LogP contribution in [0, 0.1) is 13.3 Å². The molecule has 10 aromatic rings. The maximum atomic E-state index is 9.03. The number of hydrogen-bond acceptors (Lipinski definition) is 2. The summed E-state index contributed by atoms with van der Waals surface area (Å²) in [4.78, 5) is 5.22. The summed E-state index contributed by atoms with van der Waals surface area (Å²) >= 11 is 0. The summed E-state index contributed by atoms with van der Waals surface area (Å²) < 4.78 is 99.7. The third-order valence-corrected chi connectivity index (χ3v) is 12.5. The first-order valence-electron chi connectivity index (χ1n) is 25.9. The molecule has 0 bridgehead atoms.